The van der Waals surface area contributed by atoms with Crippen molar-refractivity contribution in [3.63, 3.8) is 0 Å². The summed E-state index contributed by atoms with van der Waals surface area (Å²) < 4.78 is 0. The highest BCUT2D eigenvalue weighted by Crippen LogP contribution is 2.30. The van der Waals surface area contributed by atoms with E-state index in [1.807, 2.05) is 22.7 Å². The summed E-state index contributed by atoms with van der Waals surface area (Å²) in [4.78, 5) is 19.2. The fraction of sp³-hybridized carbons (Fsp3) is 0.588. The Bertz CT molecular complexity index is 673. The molecular formula is C17H25N5OS. The molecule has 0 spiro atoms. The van der Waals surface area contributed by atoms with Crippen LogP contribution in [0.3, 0.4) is 0 Å². The minimum atomic E-state index is -0.0220. The normalized spacial score (nSPS) is 18.6. The van der Waals surface area contributed by atoms with Crippen molar-refractivity contribution in [2.24, 2.45) is 0 Å². The Labute approximate surface area is 146 Å². The predicted molar refractivity (Wildman–Crippen MR) is 94.9 cm³/mol. The Balaban J connectivity index is 1.62. The fourth-order valence-corrected chi connectivity index (χ4v) is 3.87. The van der Waals surface area contributed by atoms with Crippen LogP contribution in [0.5, 0.6) is 0 Å². The number of hydrogen-bond acceptors (Lipinski definition) is 4. The number of amides is 2. The molecule has 0 bridgehead atoms. The van der Waals surface area contributed by atoms with Crippen molar-refractivity contribution in [1.82, 2.24) is 25.4 Å². The number of rotatable bonds is 3. The third-order valence-corrected chi connectivity index (χ3v) is 5.60. The smallest absolute Gasteiger partial charge is 0.318 e. The van der Waals surface area contributed by atoms with Gasteiger partial charge >= 0.3 is 6.03 Å². The standard InChI is InChI=1S/C17H25N5OS/c1-17(2,3)15-21-13(11-24-15)10-18-16(23)22-7-5-4-6-14(22)12-8-19-20-9-12/h8-9,11,14H,4-7,10H2,1-3H3,(H,18,23)(H,19,20). The molecule has 1 fully saturated rings. The van der Waals surface area contributed by atoms with Crippen LogP contribution in [0.2, 0.25) is 0 Å². The van der Waals surface area contributed by atoms with Crippen LogP contribution in [0.4, 0.5) is 4.79 Å². The van der Waals surface area contributed by atoms with E-state index in [4.69, 9.17) is 0 Å². The van der Waals surface area contributed by atoms with Crippen LogP contribution in [0, 0.1) is 0 Å². The van der Waals surface area contributed by atoms with Crippen molar-refractivity contribution < 1.29 is 4.79 Å². The SMILES string of the molecule is CC(C)(C)c1nc(CNC(=O)N2CCCCC2c2cn[nH]c2)cs1. The van der Waals surface area contributed by atoms with Gasteiger partial charge < -0.3 is 10.2 Å². The summed E-state index contributed by atoms with van der Waals surface area (Å²) in [7, 11) is 0. The van der Waals surface area contributed by atoms with Gasteiger partial charge in [-0.3, -0.25) is 5.10 Å². The van der Waals surface area contributed by atoms with Crippen LogP contribution < -0.4 is 5.32 Å². The zero-order chi connectivity index (χ0) is 17.2. The zero-order valence-electron chi connectivity index (χ0n) is 14.5. The second kappa shape index (κ2) is 6.93. The highest BCUT2D eigenvalue weighted by molar-refractivity contribution is 7.09. The van der Waals surface area contributed by atoms with Crippen LogP contribution in [-0.4, -0.2) is 32.7 Å². The molecule has 2 N–H and O–H groups in total. The molecule has 130 valence electrons. The number of urea groups is 1. The van der Waals surface area contributed by atoms with Gasteiger partial charge in [-0.2, -0.15) is 5.10 Å². The number of carbonyl (C=O) groups excluding carboxylic acids is 1. The number of hydrogen-bond donors (Lipinski definition) is 2. The minimum absolute atomic E-state index is 0.0220. The Morgan fingerprint density at radius 3 is 2.96 bits per heavy atom. The molecule has 24 heavy (non-hydrogen) atoms. The highest BCUT2D eigenvalue weighted by atomic mass is 32.1. The summed E-state index contributed by atoms with van der Waals surface area (Å²) in [5, 5.41) is 13.0. The molecule has 0 aromatic carbocycles. The summed E-state index contributed by atoms with van der Waals surface area (Å²) in [6.07, 6.45) is 6.86. The summed E-state index contributed by atoms with van der Waals surface area (Å²) in [6.45, 7) is 7.71. The Morgan fingerprint density at radius 2 is 2.29 bits per heavy atom. The van der Waals surface area contributed by atoms with E-state index in [9.17, 15) is 4.79 Å². The maximum Gasteiger partial charge on any atom is 0.318 e. The van der Waals surface area contributed by atoms with Gasteiger partial charge in [-0.05, 0) is 19.3 Å². The molecular weight excluding hydrogens is 322 g/mol. The first-order chi connectivity index (χ1) is 11.4. The number of nitrogens with zero attached hydrogens (tertiary/aromatic N) is 3. The lowest BCUT2D eigenvalue weighted by atomic mass is 9.98. The Morgan fingerprint density at radius 1 is 1.46 bits per heavy atom. The molecule has 0 saturated carbocycles. The van der Waals surface area contributed by atoms with E-state index >= 15 is 0 Å². The lowest BCUT2D eigenvalue weighted by Gasteiger charge is -2.35. The van der Waals surface area contributed by atoms with E-state index in [0.29, 0.717) is 6.54 Å². The second-order valence-corrected chi connectivity index (χ2v) is 8.15. The van der Waals surface area contributed by atoms with Crippen LogP contribution in [0.25, 0.3) is 0 Å². The van der Waals surface area contributed by atoms with Gasteiger partial charge in [-0.1, -0.05) is 20.8 Å². The first-order valence-corrected chi connectivity index (χ1v) is 9.31. The number of aromatic amines is 1. The molecule has 1 atom stereocenters. The maximum absolute atomic E-state index is 12.6. The first kappa shape index (κ1) is 17.0. The molecule has 3 rings (SSSR count). The molecule has 1 aliphatic heterocycles. The van der Waals surface area contributed by atoms with Crippen LogP contribution in [-0.2, 0) is 12.0 Å². The molecule has 0 radical (unpaired) electrons. The van der Waals surface area contributed by atoms with E-state index in [1.165, 1.54) is 0 Å². The summed E-state index contributed by atoms with van der Waals surface area (Å²) in [6, 6.07) is 0.0873. The maximum atomic E-state index is 12.6. The molecule has 2 aromatic rings. The summed E-state index contributed by atoms with van der Waals surface area (Å²) in [5.41, 5.74) is 2.05. The highest BCUT2D eigenvalue weighted by Gasteiger charge is 2.28. The second-order valence-electron chi connectivity index (χ2n) is 7.29. The van der Waals surface area contributed by atoms with E-state index in [1.54, 1.807) is 11.3 Å². The number of H-pyrrole nitrogens is 1. The van der Waals surface area contributed by atoms with Crippen molar-refractivity contribution in [2.75, 3.05) is 6.54 Å². The number of aromatic nitrogens is 3. The number of carbonyl (C=O) groups is 1. The molecule has 2 aromatic heterocycles. The lowest BCUT2D eigenvalue weighted by molar-refractivity contribution is 0.151. The summed E-state index contributed by atoms with van der Waals surface area (Å²) >= 11 is 1.65. The van der Waals surface area contributed by atoms with Gasteiger partial charge in [0.15, 0.2) is 0 Å². The van der Waals surface area contributed by atoms with Crippen molar-refractivity contribution in [2.45, 2.75) is 58.0 Å². The molecule has 7 heteroatoms. The largest absolute Gasteiger partial charge is 0.332 e. The van der Waals surface area contributed by atoms with E-state index in [2.05, 4.69) is 41.3 Å². The van der Waals surface area contributed by atoms with Crippen LogP contribution in [0.15, 0.2) is 17.8 Å². The van der Waals surface area contributed by atoms with E-state index in [0.717, 1.165) is 42.1 Å². The lowest BCUT2D eigenvalue weighted by Crippen LogP contribution is -2.44. The molecule has 1 saturated heterocycles. The van der Waals surface area contributed by atoms with Gasteiger partial charge in [0.2, 0.25) is 0 Å². The van der Waals surface area contributed by atoms with Gasteiger partial charge in [0.25, 0.3) is 0 Å². The number of likely N-dealkylation sites (tertiary alicyclic amines) is 1. The van der Waals surface area contributed by atoms with E-state index in [-0.39, 0.29) is 17.5 Å². The van der Waals surface area contributed by atoms with Gasteiger partial charge in [-0.15, -0.1) is 11.3 Å². The summed E-state index contributed by atoms with van der Waals surface area (Å²) in [5.74, 6) is 0. The Kier molecular flexibility index (Phi) is 4.89. The van der Waals surface area contributed by atoms with Crippen LogP contribution >= 0.6 is 11.3 Å². The first-order valence-electron chi connectivity index (χ1n) is 8.43. The minimum Gasteiger partial charge on any atom is -0.332 e. The third kappa shape index (κ3) is 3.77. The topological polar surface area (TPSA) is 73.9 Å². The van der Waals surface area contributed by atoms with Crippen LogP contribution in [0.1, 0.15) is 62.3 Å². The monoisotopic (exact) mass is 347 g/mol. The number of piperidine rings is 1. The molecule has 2 amide bonds. The number of nitrogens with one attached hydrogen (secondary N) is 2. The average molecular weight is 347 g/mol. The zero-order valence-corrected chi connectivity index (χ0v) is 15.3. The van der Waals surface area contributed by atoms with Gasteiger partial charge in [-0.25, -0.2) is 9.78 Å². The molecule has 6 nitrogen and oxygen atoms in total. The van der Waals surface area contributed by atoms with Crippen molar-refractivity contribution >= 4 is 17.4 Å². The van der Waals surface area contributed by atoms with Crippen molar-refractivity contribution in [3.05, 3.63) is 34.0 Å². The third-order valence-electron chi connectivity index (χ3n) is 4.28. The quantitative estimate of drug-likeness (QED) is 0.891. The van der Waals surface area contributed by atoms with Crippen molar-refractivity contribution in [3.8, 4) is 0 Å². The average Bonchev–Trinajstić information content (AvgIpc) is 3.23. The molecule has 3 heterocycles. The molecule has 0 aliphatic carbocycles. The van der Waals surface area contributed by atoms with Gasteiger partial charge in [0, 0.05) is 29.1 Å². The molecule has 1 aliphatic rings. The number of thiazole rings is 1. The van der Waals surface area contributed by atoms with E-state index < -0.39 is 0 Å². The Hall–Kier alpha value is -1.89. The molecule has 1 unspecified atom stereocenters. The van der Waals surface area contributed by atoms with Gasteiger partial charge in [0.05, 0.1) is 29.5 Å². The fourth-order valence-electron chi connectivity index (χ4n) is 2.96. The van der Waals surface area contributed by atoms with Crippen molar-refractivity contribution in [1.29, 1.82) is 0 Å². The van der Waals surface area contributed by atoms with Gasteiger partial charge in [0.1, 0.15) is 0 Å². The predicted octanol–water partition coefficient (Wildman–Crippen LogP) is 3.60.